The Labute approximate surface area is 366 Å². The van der Waals surface area contributed by atoms with Gasteiger partial charge in [0.25, 0.3) is 0 Å². The van der Waals surface area contributed by atoms with Gasteiger partial charge in [-0.25, -0.2) is 0 Å². The van der Waals surface area contributed by atoms with E-state index in [2.05, 4.69) is 13.8 Å². The summed E-state index contributed by atoms with van der Waals surface area (Å²) in [6.07, 6.45) is 34.1. The molecule has 0 unspecified atom stereocenters. The van der Waals surface area contributed by atoms with E-state index in [1.165, 1.54) is 167 Å². The highest BCUT2D eigenvalue weighted by Gasteiger charge is 2.56. The summed E-state index contributed by atoms with van der Waals surface area (Å²) in [5.41, 5.74) is 1.69. The molecule has 0 radical (unpaired) electrons. The molecule has 0 bridgehead atoms. The van der Waals surface area contributed by atoms with E-state index in [0.29, 0.717) is 13.2 Å². The number of unbranched alkanes of at least 4 members (excludes halogenated alkanes) is 26. The van der Waals surface area contributed by atoms with Crippen LogP contribution in [0.1, 0.15) is 194 Å². The van der Waals surface area contributed by atoms with Gasteiger partial charge in [0.2, 0.25) is 0 Å². The normalized spacial score (nSPS) is 21.3. The van der Waals surface area contributed by atoms with Crippen LogP contribution < -0.4 is 20.4 Å². The number of benzene rings is 2. The van der Waals surface area contributed by atoms with Gasteiger partial charge < -0.3 is 37.9 Å². The molecule has 0 aromatic heterocycles. The SMILES string of the molecule is CCCCCCCCCCCCCCCCOc1cccc(B2O[C@H]3O[C@@H]4COB(c5cccc(OCCCCCCCCCCCCCCCC)c5)O[C@H]4[C@H](O)[C@H]3O2)c1. The molecule has 5 atom stereocenters. The molecule has 0 spiro atoms. The second-order valence-corrected chi connectivity index (χ2v) is 17.9. The van der Waals surface area contributed by atoms with Gasteiger partial charge in [-0.05, 0) is 48.0 Å². The molecule has 0 saturated carbocycles. The Hall–Kier alpha value is -2.07. The number of fused-ring (bicyclic) bond motifs is 2. The highest BCUT2D eigenvalue weighted by molar-refractivity contribution is 6.62. The first-order chi connectivity index (χ1) is 29.7. The van der Waals surface area contributed by atoms with Crippen molar-refractivity contribution in [3.8, 4) is 11.5 Å². The third kappa shape index (κ3) is 18.0. The topological polar surface area (TPSA) is 84.8 Å². The highest BCUT2D eigenvalue weighted by atomic mass is 16.8. The van der Waals surface area contributed by atoms with Crippen molar-refractivity contribution in [3.05, 3.63) is 48.5 Å². The fraction of sp³-hybridized carbons (Fsp3) is 0.760. The van der Waals surface area contributed by atoms with E-state index in [-0.39, 0.29) is 6.61 Å². The number of rotatable bonds is 34. The molecule has 60 heavy (non-hydrogen) atoms. The van der Waals surface area contributed by atoms with Crippen molar-refractivity contribution in [1.29, 1.82) is 0 Å². The molecule has 3 aliphatic heterocycles. The highest BCUT2D eigenvalue weighted by Crippen LogP contribution is 2.34. The van der Waals surface area contributed by atoms with Crippen LogP contribution >= 0.6 is 0 Å². The summed E-state index contributed by atoms with van der Waals surface area (Å²) < 4.78 is 43.5. The van der Waals surface area contributed by atoms with Crippen molar-refractivity contribution in [2.45, 2.75) is 224 Å². The smallest absolute Gasteiger partial charge is 0.494 e. The van der Waals surface area contributed by atoms with Crippen molar-refractivity contribution < 1.29 is 37.9 Å². The molecular formula is C50H82B2O8. The number of ether oxygens (including phenoxy) is 3. The average Bonchev–Trinajstić information content (AvgIpc) is 3.71. The average molecular weight is 833 g/mol. The molecule has 8 nitrogen and oxygen atoms in total. The lowest BCUT2D eigenvalue weighted by Gasteiger charge is -2.44. The lowest BCUT2D eigenvalue weighted by atomic mass is 9.76. The molecule has 1 N–H and O–H groups in total. The van der Waals surface area contributed by atoms with Crippen LogP contribution in [0.25, 0.3) is 0 Å². The van der Waals surface area contributed by atoms with Gasteiger partial charge in [-0.1, -0.05) is 205 Å². The lowest BCUT2D eigenvalue weighted by molar-refractivity contribution is -0.256. The zero-order chi connectivity index (χ0) is 41.9. The van der Waals surface area contributed by atoms with Gasteiger partial charge in [-0.3, -0.25) is 0 Å². The lowest BCUT2D eigenvalue weighted by Crippen LogP contribution is -2.64. The van der Waals surface area contributed by atoms with Crippen LogP contribution in [0, 0.1) is 0 Å². The van der Waals surface area contributed by atoms with Gasteiger partial charge in [-0.15, -0.1) is 0 Å². The molecule has 3 saturated heterocycles. The van der Waals surface area contributed by atoms with Crippen LogP contribution in [-0.4, -0.2) is 69.9 Å². The molecule has 2 aromatic carbocycles. The minimum absolute atomic E-state index is 0.274. The van der Waals surface area contributed by atoms with E-state index in [1.807, 2.05) is 48.5 Å². The summed E-state index contributed by atoms with van der Waals surface area (Å²) in [6.45, 7) is 6.23. The molecule has 336 valence electrons. The second kappa shape index (κ2) is 30.1. The first-order valence-electron chi connectivity index (χ1n) is 25.0. The molecule has 5 rings (SSSR count). The number of hydrogen-bond donors (Lipinski definition) is 1. The maximum atomic E-state index is 11.5. The van der Waals surface area contributed by atoms with Crippen LogP contribution in [0.15, 0.2) is 48.5 Å². The summed E-state index contributed by atoms with van der Waals surface area (Å²) in [4.78, 5) is 0. The van der Waals surface area contributed by atoms with Crippen molar-refractivity contribution in [2.75, 3.05) is 19.8 Å². The predicted molar refractivity (Wildman–Crippen MR) is 247 cm³/mol. The van der Waals surface area contributed by atoms with Crippen molar-refractivity contribution in [2.24, 2.45) is 0 Å². The molecule has 10 heteroatoms. The second-order valence-electron chi connectivity index (χ2n) is 17.9. The first-order valence-corrected chi connectivity index (χ1v) is 25.0. The van der Waals surface area contributed by atoms with Gasteiger partial charge >= 0.3 is 14.2 Å². The third-order valence-corrected chi connectivity index (χ3v) is 12.6. The number of hydrogen-bond acceptors (Lipinski definition) is 8. The van der Waals surface area contributed by atoms with E-state index in [9.17, 15) is 5.11 Å². The maximum absolute atomic E-state index is 11.5. The summed E-state index contributed by atoms with van der Waals surface area (Å²) in [5, 5.41) is 11.5. The summed E-state index contributed by atoms with van der Waals surface area (Å²) in [7, 11) is -1.32. The Morgan fingerprint density at radius 1 is 0.500 bits per heavy atom. The minimum atomic E-state index is -0.940. The zero-order valence-electron chi connectivity index (χ0n) is 37.9. The monoisotopic (exact) mass is 833 g/mol. The van der Waals surface area contributed by atoms with E-state index in [0.717, 1.165) is 35.3 Å². The van der Waals surface area contributed by atoms with Crippen LogP contribution in [0.2, 0.25) is 0 Å². The fourth-order valence-electron chi connectivity index (χ4n) is 8.92. The van der Waals surface area contributed by atoms with Crippen molar-refractivity contribution in [1.82, 2.24) is 0 Å². The number of aliphatic hydroxyl groups is 1. The Kier molecular flexibility index (Phi) is 24.6. The van der Waals surface area contributed by atoms with Crippen molar-refractivity contribution >= 4 is 25.2 Å². The van der Waals surface area contributed by atoms with Gasteiger partial charge in [0.1, 0.15) is 35.9 Å². The van der Waals surface area contributed by atoms with E-state index >= 15 is 0 Å². The van der Waals surface area contributed by atoms with Crippen LogP contribution in [0.4, 0.5) is 0 Å². The molecule has 0 amide bonds. The Balaban J connectivity index is 0.927. The number of aliphatic hydroxyl groups excluding tert-OH is 1. The first kappa shape index (κ1) is 49.0. The quantitative estimate of drug-likeness (QED) is 0.0551. The van der Waals surface area contributed by atoms with E-state index < -0.39 is 44.9 Å². The molecule has 3 heterocycles. The standard InChI is InChI=1S/C50H82B2O8/c1-3-5-7-9-11-13-15-17-19-21-23-25-27-29-37-54-44-35-31-33-42(39-44)51-56-41-46-48(58-51)47(53)49-50(57-46)60-52(59-49)43-34-32-36-45(40-43)55-38-30-28-26-24-22-20-18-16-14-12-10-8-6-4-2/h31-36,39-40,46-50,53H,3-30,37-38,41H2,1-2H3/t46-,47+,48-,49-,50-/m1/s1. The van der Waals surface area contributed by atoms with Gasteiger partial charge in [0.15, 0.2) is 6.29 Å². The zero-order valence-corrected chi connectivity index (χ0v) is 37.9. The minimum Gasteiger partial charge on any atom is -0.494 e. The maximum Gasteiger partial charge on any atom is 0.496 e. The van der Waals surface area contributed by atoms with Crippen LogP contribution in [0.5, 0.6) is 11.5 Å². The molecule has 3 fully saturated rings. The van der Waals surface area contributed by atoms with Crippen LogP contribution in [-0.2, 0) is 23.4 Å². The van der Waals surface area contributed by atoms with Gasteiger partial charge in [0.05, 0.1) is 19.8 Å². The molecular weight excluding hydrogens is 750 g/mol. The predicted octanol–water partition coefficient (Wildman–Crippen LogP) is 11.4. The fourth-order valence-corrected chi connectivity index (χ4v) is 8.92. The van der Waals surface area contributed by atoms with Gasteiger partial charge in [-0.2, -0.15) is 0 Å². The summed E-state index contributed by atoms with van der Waals surface area (Å²) in [5.74, 6) is 1.60. The molecule has 0 aliphatic carbocycles. The Morgan fingerprint density at radius 3 is 1.35 bits per heavy atom. The molecule has 2 aromatic rings. The third-order valence-electron chi connectivity index (χ3n) is 12.6. The Bertz CT molecular complexity index is 1310. The largest absolute Gasteiger partial charge is 0.496 e. The van der Waals surface area contributed by atoms with E-state index in [4.69, 9.17) is 32.8 Å². The summed E-state index contributed by atoms with van der Waals surface area (Å²) in [6, 6.07) is 15.8. The van der Waals surface area contributed by atoms with Gasteiger partial charge in [0, 0.05) is 0 Å². The molecule has 3 aliphatic rings. The summed E-state index contributed by atoms with van der Waals surface area (Å²) >= 11 is 0. The van der Waals surface area contributed by atoms with Crippen molar-refractivity contribution in [3.63, 3.8) is 0 Å². The Morgan fingerprint density at radius 2 is 0.900 bits per heavy atom. The van der Waals surface area contributed by atoms with E-state index in [1.54, 1.807) is 0 Å². The van der Waals surface area contributed by atoms with Crippen LogP contribution in [0.3, 0.4) is 0 Å².